The molecule has 1 aromatic rings. The molecule has 5 aliphatic rings. The van der Waals surface area contributed by atoms with Gasteiger partial charge < -0.3 is 19.3 Å². The van der Waals surface area contributed by atoms with Gasteiger partial charge in [-0.3, -0.25) is 4.90 Å². The molecule has 0 amide bonds. The number of rotatable bonds is 5. The summed E-state index contributed by atoms with van der Waals surface area (Å²) in [7, 11) is 0. The van der Waals surface area contributed by atoms with Gasteiger partial charge in [-0.05, 0) is 106 Å². The Bertz CT molecular complexity index is 873. The van der Waals surface area contributed by atoms with E-state index in [1.54, 1.807) is 5.56 Å². The van der Waals surface area contributed by atoms with Gasteiger partial charge in [0.05, 0.1) is 12.2 Å². The van der Waals surface area contributed by atoms with Crippen molar-refractivity contribution in [1.29, 1.82) is 0 Å². The number of benzene rings is 1. The second kappa shape index (κ2) is 12.7. The summed E-state index contributed by atoms with van der Waals surface area (Å²) in [4.78, 5) is 8.03. The zero-order chi connectivity index (χ0) is 25.2. The van der Waals surface area contributed by atoms with Crippen LogP contribution in [-0.2, 0) is 9.47 Å². The standard InChI is InChI=1S/C32H51N3O2.ClH/c1-25-22-35(23-26(2)37-25)29-5-6-31(30(21-29)28-7-13-32(14-8-28)11-3-4-12-32)34-17-15-33(16-18-34)24-27-9-19-36-20-10-27;/h5-6,21,25-28H,3-4,7-20,22-24H2,1-2H3;1H. The van der Waals surface area contributed by atoms with Crippen LogP contribution in [0, 0.1) is 11.3 Å². The number of halogens is 1. The minimum absolute atomic E-state index is 0. The van der Waals surface area contributed by atoms with Crippen LogP contribution in [0.3, 0.4) is 0 Å². The molecule has 0 aromatic heterocycles. The first-order chi connectivity index (χ1) is 18.1. The van der Waals surface area contributed by atoms with Gasteiger partial charge in [0.25, 0.3) is 0 Å². The number of hydrogen-bond donors (Lipinski definition) is 0. The topological polar surface area (TPSA) is 28.2 Å². The first kappa shape index (κ1) is 28.5. The maximum Gasteiger partial charge on any atom is 0.0726 e. The van der Waals surface area contributed by atoms with Crippen molar-refractivity contribution in [2.45, 2.75) is 96.2 Å². The molecule has 1 spiro atoms. The van der Waals surface area contributed by atoms with Crippen molar-refractivity contribution < 1.29 is 9.47 Å². The van der Waals surface area contributed by atoms with E-state index < -0.39 is 0 Å². The van der Waals surface area contributed by atoms with Crippen molar-refractivity contribution in [2.24, 2.45) is 11.3 Å². The normalized spacial score (nSPS) is 29.5. The number of morpholine rings is 1. The number of hydrogen-bond acceptors (Lipinski definition) is 5. The van der Waals surface area contributed by atoms with Gasteiger partial charge in [-0.1, -0.05) is 12.8 Å². The molecule has 3 saturated heterocycles. The van der Waals surface area contributed by atoms with Gasteiger partial charge in [0.1, 0.15) is 0 Å². The van der Waals surface area contributed by atoms with Crippen LogP contribution in [0.4, 0.5) is 11.4 Å². The molecule has 6 heteroatoms. The number of nitrogens with zero attached hydrogens (tertiary/aromatic N) is 3. The largest absolute Gasteiger partial charge is 0.381 e. The Labute approximate surface area is 238 Å². The van der Waals surface area contributed by atoms with E-state index >= 15 is 0 Å². The Morgan fingerprint density at radius 3 is 2.13 bits per heavy atom. The van der Waals surface area contributed by atoms with E-state index in [-0.39, 0.29) is 12.4 Å². The third-order valence-corrected chi connectivity index (χ3v) is 10.5. The fraction of sp³-hybridized carbons (Fsp3) is 0.812. The van der Waals surface area contributed by atoms with Crippen LogP contribution in [0.5, 0.6) is 0 Å². The zero-order valence-corrected chi connectivity index (χ0v) is 24.9. The van der Waals surface area contributed by atoms with Crippen molar-refractivity contribution in [3.05, 3.63) is 23.8 Å². The monoisotopic (exact) mass is 545 g/mol. The number of piperazine rings is 1. The third kappa shape index (κ3) is 6.48. The van der Waals surface area contributed by atoms with Crippen molar-refractivity contribution in [1.82, 2.24) is 4.90 Å². The average molecular weight is 546 g/mol. The maximum absolute atomic E-state index is 6.06. The minimum atomic E-state index is 0. The first-order valence-corrected chi connectivity index (χ1v) is 15.7. The summed E-state index contributed by atoms with van der Waals surface area (Å²) in [5.41, 5.74) is 5.30. The summed E-state index contributed by atoms with van der Waals surface area (Å²) >= 11 is 0. The molecule has 2 aliphatic carbocycles. The molecule has 3 aliphatic heterocycles. The van der Waals surface area contributed by atoms with Crippen LogP contribution >= 0.6 is 12.4 Å². The lowest BCUT2D eigenvalue weighted by molar-refractivity contribution is -0.00522. The van der Waals surface area contributed by atoms with Gasteiger partial charge in [0, 0.05) is 70.4 Å². The van der Waals surface area contributed by atoms with E-state index in [4.69, 9.17) is 9.47 Å². The first-order valence-electron chi connectivity index (χ1n) is 15.7. The molecular weight excluding hydrogens is 494 g/mol. The highest BCUT2D eigenvalue weighted by Gasteiger charge is 2.39. The zero-order valence-electron chi connectivity index (χ0n) is 24.0. The fourth-order valence-corrected chi connectivity index (χ4v) is 8.37. The van der Waals surface area contributed by atoms with Gasteiger partial charge in [-0.15, -0.1) is 12.4 Å². The second-order valence-electron chi connectivity index (χ2n) is 13.2. The van der Waals surface area contributed by atoms with Crippen molar-refractivity contribution in [2.75, 3.05) is 68.8 Å². The Hall–Kier alpha value is -1.01. The quantitative estimate of drug-likeness (QED) is 0.422. The Morgan fingerprint density at radius 2 is 1.47 bits per heavy atom. The fourth-order valence-electron chi connectivity index (χ4n) is 8.37. The number of ether oxygens (including phenoxy) is 2. The lowest BCUT2D eigenvalue weighted by Gasteiger charge is -2.42. The van der Waals surface area contributed by atoms with Crippen LogP contribution in [0.15, 0.2) is 18.2 Å². The lowest BCUT2D eigenvalue weighted by Crippen LogP contribution is -2.48. The van der Waals surface area contributed by atoms with Gasteiger partial charge >= 0.3 is 0 Å². The summed E-state index contributed by atoms with van der Waals surface area (Å²) in [6.07, 6.45) is 14.7. The highest BCUT2D eigenvalue weighted by molar-refractivity contribution is 5.85. The van der Waals surface area contributed by atoms with Crippen LogP contribution in [0.1, 0.15) is 89.5 Å². The molecule has 2 atom stereocenters. The number of anilines is 2. The van der Waals surface area contributed by atoms with Gasteiger partial charge in [0.2, 0.25) is 0 Å². The molecule has 38 heavy (non-hydrogen) atoms. The van der Waals surface area contributed by atoms with Crippen molar-refractivity contribution >= 4 is 23.8 Å². The Morgan fingerprint density at radius 1 is 0.816 bits per heavy atom. The molecule has 0 radical (unpaired) electrons. The van der Waals surface area contributed by atoms with Gasteiger partial charge in [-0.25, -0.2) is 0 Å². The van der Waals surface area contributed by atoms with E-state index in [2.05, 4.69) is 46.7 Å². The Balaban J connectivity index is 0.00000294. The molecule has 214 valence electrons. The van der Waals surface area contributed by atoms with E-state index in [1.807, 2.05) is 0 Å². The molecular formula is C32H52ClN3O2. The summed E-state index contributed by atoms with van der Waals surface area (Å²) < 4.78 is 11.7. The molecule has 0 bridgehead atoms. The van der Waals surface area contributed by atoms with E-state index in [9.17, 15) is 0 Å². The highest BCUT2D eigenvalue weighted by atomic mass is 35.5. The van der Waals surface area contributed by atoms with Crippen LogP contribution < -0.4 is 9.80 Å². The summed E-state index contributed by atoms with van der Waals surface area (Å²) in [6, 6.07) is 7.51. The Kier molecular flexibility index (Phi) is 9.50. The highest BCUT2D eigenvalue weighted by Crippen LogP contribution is 2.53. The van der Waals surface area contributed by atoms with Crippen molar-refractivity contribution in [3.8, 4) is 0 Å². The third-order valence-electron chi connectivity index (χ3n) is 10.5. The smallest absolute Gasteiger partial charge is 0.0726 e. The molecule has 5 fully saturated rings. The molecule has 3 heterocycles. The predicted molar refractivity (Wildman–Crippen MR) is 160 cm³/mol. The van der Waals surface area contributed by atoms with Crippen LogP contribution in [0.2, 0.25) is 0 Å². The molecule has 5 nitrogen and oxygen atoms in total. The second-order valence-corrected chi connectivity index (χ2v) is 13.2. The maximum atomic E-state index is 6.06. The van der Waals surface area contributed by atoms with Gasteiger partial charge in [0.15, 0.2) is 0 Å². The van der Waals surface area contributed by atoms with Gasteiger partial charge in [-0.2, -0.15) is 0 Å². The predicted octanol–water partition coefficient (Wildman–Crippen LogP) is 6.49. The van der Waals surface area contributed by atoms with E-state index in [0.29, 0.717) is 17.6 Å². The molecule has 0 N–H and O–H groups in total. The van der Waals surface area contributed by atoms with E-state index in [1.165, 1.54) is 95.2 Å². The van der Waals surface area contributed by atoms with Crippen LogP contribution in [0.25, 0.3) is 0 Å². The summed E-state index contributed by atoms with van der Waals surface area (Å²) in [5, 5.41) is 0. The molecule has 2 unspecified atom stereocenters. The average Bonchev–Trinajstić information content (AvgIpc) is 3.37. The van der Waals surface area contributed by atoms with Crippen molar-refractivity contribution in [3.63, 3.8) is 0 Å². The van der Waals surface area contributed by atoms with E-state index in [0.717, 1.165) is 51.2 Å². The molecule has 1 aromatic carbocycles. The summed E-state index contributed by atoms with van der Waals surface area (Å²) in [5.74, 6) is 1.55. The lowest BCUT2D eigenvalue weighted by atomic mass is 9.68. The molecule has 6 rings (SSSR count). The SMILES string of the molecule is CC1CN(c2ccc(N3CCN(CC4CCOCC4)CC3)c(C3CCC4(CCCC4)CC3)c2)CC(C)O1.Cl. The molecule has 2 saturated carbocycles. The summed E-state index contributed by atoms with van der Waals surface area (Å²) in [6.45, 7) is 14.4. The van der Waals surface area contributed by atoms with Crippen LogP contribution in [-0.4, -0.2) is 76.1 Å². The minimum Gasteiger partial charge on any atom is -0.381 e.